The summed E-state index contributed by atoms with van der Waals surface area (Å²) in [7, 11) is 0. The fourth-order valence-corrected chi connectivity index (χ4v) is 1.39. The first kappa shape index (κ1) is 10.2. The molecule has 1 saturated carbocycles. The molecule has 0 aromatic rings. The van der Waals surface area contributed by atoms with Crippen molar-refractivity contribution in [3.63, 3.8) is 0 Å². The van der Waals surface area contributed by atoms with Gasteiger partial charge in [0.1, 0.15) is 6.67 Å². The van der Waals surface area contributed by atoms with Crippen LogP contribution in [0.4, 0.5) is 4.39 Å². The minimum Gasteiger partial charge on any atom is -0.311 e. The van der Waals surface area contributed by atoms with Crippen molar-refractivity contribution >= 4 is 12.4 Å². The summed E-state index contributed by atoms with van der Waals surface area (Å²) in [5.41, 5.74) is 0. The molecule has 3 heteroatoms. The minimum atomic E-state index is -0.226. The Labute approximate surface area is 67.8 Å². The van der Waals surface area contributed by atoms with Crippen molar-refractivity contribution in [1.82, 2.24) is 5.32 Å². The van der Waals surface area contributed by atoms with Crippen LogP contribution in [-0.4, -0.2) is 19.3 Å². The smallest absolute Gasteiger partial charge is 0.102 e. The van der Waals surface area contributed by atoms with E-state index in [-0.39, 0.29) is 19.1 Å². The van der Waals surface area contributed by atoms with Gasteiger partial charge in [-0.1, -0.05) is 12.8 Å². The van der Waals surface area contributed by atoms with Gasteiger partial charge in [-0.15, -0.1) is 12.4 Å². The zero-order valence-electron chi connectivity index (χ0n) is 6.11. The topological polar surface area (TPSA) is 12.0 Å². The summed E-state index contributed by atoms with van der Waals surface area (Å²) in [6.07, 6.45) is 5.15. The van der Waals surface area contributed by atoms with Crippen molar-refractivity contribution < 1.29 is 4.39 Å². The highest BCUT2D eigenvalue weighted by Gasteiger charge is 2.12. The van der Waals surface area contributed by atoms with Crippen LogP contribution in [0.3, 0.4) is 0 Å². The molecule has 0 radical (unpaired) electrons. The Hall–Kier alpha value is 0.180. The van der Waals surface area contributed by atoms with Crippen LogP contribution in [0.15, 0.2) is 0 Å². The van der Waals surface area contributed by atoms with E-state index in [9.17, 15) is 4.39 Å². The molecule has 0 aromatic carbocycles. The maximum atomic E-state index is 11.6. The number of nitrogens with one attached hydrogen (secondary N) is 1. The second-order valence-electron chi connectivity index (χ2n) is 2.62. The Morgan fingerprint density at radius 3 is 2.40 bits per heavy atom. The van der Waals surface area contributed by atoms with Crippen molar-refractivity contribution in [3.8, 4) is 0 Å². The van der Waals surface area contributed by atoms with Crippen LogP contribution < -0.4 is 5.32 Å². The van der Waals surface area contributed by atoms with Gasteiger partial charge in [0, 0.05) is 12.6 Å². The van der Waals surface area contributed by atoms with Crippen LogP contribution in [0.25, 0.3) is 0 Å². The predicted molar refractivity (Wildman–Crippen MR) is 43.5 cm³/mol. The van der Waals surface area contributed by atoms with Gasteiger partial charge in [0.15, 0.2) is 0 Å². The Morgan fingerprint density at radius 2 is 1.90 bits per heavy atom. The number of rotatable bonds is 3. The molecular formula is C7H15ClFN. The van der Waals surface area contributed by atoms with Crippen LogP contribution in [-0.2, 0) is 0 Å². The van der Waals surface area contributed by atoms with Crippen molar-refractivity contribution in [2.24, 2.45) is 0 Å². The molecule has 0 unspecified atom stereocenters. The molecule has 62 valence electrons. The van der Waals surface area contributed by atoms with Gasteiger partial charge >= 0.3 is 0 Å². The molecule has 10 heavy (non-hydrogen) atoms. The lowest BCUT2D eigenvalue weighted by atomic mass is 10.2. The van der Waals surface area contributed by atoms with E-state index >= 15 is 0 Å². The molecule has 1 aliphatic rings. The van der Waals surface area contributed by atoms with Crippen molar-refractivity contribution in [2.75, 3.05) is 13.2 Å². The number of alkyl halides is 1. The quantitative estimate of drug-likeness (QED) is 0.677. The van der Waals surface area contributed by atoms with Crippen LogP contribution >= 0.6 is 12.4 Å². The molecule has 1 N–H and O–H groups in total. The lowest BCUT2D eigenvalue weighted by Gasteiger charge is -2.08. The number of hydrogen-bond acceptors (Lipinski definition) is 1. The van der Waals surface area contributed by atoms with E-state index < -0.39 is 0 Å². The van der Waals surface area contributed by atoms with Crippen LogP contribution in [0.1, 0.15) is 25.7 Å². The van der Waals surface area contributed by atoms with E-state index in [1.807, 2.05) is 0 Å². The van der Waals surface area contributed by atoms with Gasteiger partial charge in [0.25, 0.3) is 0 Å². The van der Waals surface area contributed by atoms with Crippen LogP contribution in [0.2, 0.25) is 0 Å². The molecule has 0 bridgehead atoms. The molecule has 0 aliphatic heterocycles. The highest BCUT2D eigenvalue weighted by atomic mass is 35.5. The number of hydrogen-bond donors (Lipinski definition) is 1. The summed E-state index contributed by atoms with van der Waals surface area (Å²) in [5.74, 6) is 0. The molecular weight excluding hydrogens is 153 g/mol. The summed E-state index contributed by atoms with van der Waals surface area (Å²) in [5, 5.41) is 3.16. The average Bonchev–Trinajstić information content (AvgIpc) is 2.34. The first-order valence-electron chi connectivity index (χ1n) is 3.73. The Kier molecular flexibility index (Phi) is 6.03. The fourth-order valence-electron chi connectivity index (χ4n) is 1.39. The molecule has 0 heterocycles. The molecule has 0 atom stereocenters. The SMILES string of the molecule is Cl.FCCNC1CCCC1. The first-order valence-corrected chi connectivity index (χ1v) is 3.73. The molecule has 0 spiro atoms. The normalized spacial score (nSPS) is 18.9. The zero-order chi connectivity index (χ0) is 6.53. The second-order valence-corrected chi connectivity index (χ2v) is 2.62. The summed E-state index contributed by atoms with van der Waals surface area (Å²) in [6.45, 7) is 0.321. The Morgan fingerprint density at radius 1 is 1.30 bits per heavy atom. The molecule has 1 aliphatic carbocycles. The maximum Gasteiger partial charge on any atom is 0.102 e. The summed E-state index contributed by atoms with van der Waals surface area (Å²) in [4.78, 5) is 0. The van der Waals surface area contributed by atoms with E-state index in [1.54, 1.807) is 0 Å². The largest absolute Gasteiger partial charge is 0.311 e. The Balaban J connectivity index is 0.000000810. The van der Waals surface area contributed by atoms with Crippen molar-refractivity contribution in [1.29, 1.82) is 0 Å². The van der Waals surface area contributed by atoms with Crippen molar-refractivity contribution in [2.45, 2.75) is 31.7 Å². The number of halogens is 2. The lowest BCUT2D eigenvalue weighted by molar-refractivity contribution is 0.431. The third-order valence-corrected chi connectivity index (χ3v) is 1.88. The first-order chi connectivity index (χ1) is 4.43. The third kappa shape index (κ3) is 3.37. The monoisotopic (exact) mass is 167 g/mol. The second kappa shape index (κ2) is 5.93. The zero-order valence-corrected chi connectivity index (χ0v) is 6.92. The lowest BCUT2D eigenvalue weighted by Crippen LogP contribution is -2.27. The summed E-state index contributed by atoms with van der Waals surface area (Å²) >= 11 is 0. The predicted octanol–water partition coefficient (Wildman–Crippen LogP) is 1.91. The van der Waals surface area contributed by atoms with Gasteiger partial charge in [-0.2, -0.15) is 0 Å². The Bertz CT molecular complexity index is 74.0. The average molecular weight is 168 g/mol. The van der Waals surface area contributed by atoms with Crippen LogP contribution in [0, 0.1) is 0 Å². The molecule has 0 aromatic heterocycles. The van der Waals surface area contributed by atoms with Crippen LogP contribution in [0.5, 0.6) is 0 Å². The standard InChI is InChI=1S/C7H14FN.ClH/c8-5-6-9-7-3-1-2-4-7;/h7,9H,1-6H2;1H. The van der Waals surface area contributed by atoms with Gasteiger partial charge in [-0.25, -0.2) is 4.39 Å². The summed E-state index contributed by atoms with van der Waals surface area (Å²) < 4.78 is 11.6. The van der Waals surface area contributed by atoms with Gasteiger partial charge in [-0.05, 0) is 12.8 Å². The molecule has 1 nitrogen and oxygen atoms in total. The van der Waals surface area contributed by atoms with E-state index in [4.69, 9.17) is 0 Å². The van der Waals surface area contributed by atoms with Crippen molar-refractivity contribution in [3.05, 3.63) is 0 Å². The van der Waals surface area contributed by atoms with Gasteiger partial charge in [0.05, 0.1) is 0 Å². The van der Waals surface area contributed by atoms with Gasteiger partial charge < -0.3 is 5.32 Å². The van der Waals surface area contributed by atoms with E-state index in [0.717, 1.165) is 0 Å². The maximum absolute atomic E-state index is 11.6. The van der Waals surface area contributed by atoms with Gasteiger partial charge in [-0.3, -0.25) is 0 Å². The third-order valence-electron chi connectivity index (χ3n) is 1.88. The molecule has 1 fully saturated rings. The van der Waals surface area contributed by atoms with Gasteiger partial charge in [0.2, 0.25) is 0 Å². The molecule has 0 amide bonds. The van der Waals surface area contributed by atoms with E-state index in [1.165, 1.54) is 25.7 Å². The fraction of sp³-hybridized carbons (Fsp3) is 1.00. The summed E-state index contributed by atoms with van der Waals surface area (Å²) in [6, 6.07) is 0.626. The van der Waals surface area contributed by atoms with E-state index in [2.05, 4.69) is 5.32 Å². The molecule has 0 saturated heterocycles. The molecule has 1 rings (SSSR count). The van der Waals surface area contributed by atoms with E-state index in [0.29, 0.717) is 12.6 Å². The minimum absolute atomic E-state index is 0. The highest BCUT2D eigenvalue weighted by molar-refractivity contribution is 5.85. The highest BCUT2D eigenvalue weighted by Crippen LogP contribution is 2.16.